The molecular formula is C13H17N3O2S. The van der Waals surface area contributed by atoms with E-state index in [0.717, 1.165) is 19.4 Å². The number of rotatable bonds is 3. The van der Waals surface area contributed by atoms with Gasteiger partial charge in [0.05, 0.1) is 6.10 Å². The lowest BCUT2D eigenvalue weighted by atomic mass is 10.2. The molecule has 0 radical (unpaired) electrons. The minimum Gasteiger partial charge on any atom is -0.376 e. The Hall–Kier alpha value is -1.66. The minimum atomic E-state index is -0.220. The lowest BCUT2D eigenvalue weighted by Crippen LogP contribution is -2.48. The molecule has 3 N–H and O–H groups in total. The highest BCUT2D eigenvalue weighted by Crippen LogP contribution is 2.10. The van der Waals surface area contributed by atoms with E-state index in [4.69, 9.17) is 17.0 Å². The van der Waals surface area contributed by atoms with Gasteiger partial charge in [-0.2, -0.15) is 0 Å². The van der Waals surface area contributed by atoms with E-state index in [1.807, 2.05) is 18.2 Å². The number of hydrogen-bond donors (Lipinski definition) is 3. The third-order valence-corrected chi connectivity index (χ3v) is 3.09. The van der Waals surface area contributed by atoms with E-state index in [-0.39, 0.29) is 12.0 Å². The first-order valence-corrected chi connectivity index (χ1v) is 6.67. The molecule has 102 valence electrons. The minimum absolute atomic E-state index is 0.213. The zero-order chi connectivity index (χ0) is 13.5. The maximum absolute atomic E-state index is 11.7. The summed E-state index contributed by atoms with van der Waals surface area (Å²) < 4.78 is 5.46. The van der Waals surface area contributed by atoms with Gasteiger partial charge in [0, 0.05) is 18.7 Å². The van der Waals surface area contributed by atoms with Crippen LogP contribution in [-0.4, -0.2) is 30.3 Å². The van der Waals surface area contributed by atoms with Gasteiger partial charge in [-0.1, -0.05) is 18.2 Å². The first-order chi connectivity index (χ1) is 9.25. The van der Waals surface area contributed by atoms with Gasteiger partial charge in [0.2, 0.25) is 0 Å². The molecular weight excluding hydrogens is 262 g/mol. The Morgan fingerprint density at radius 2 is 2.11 bits per heavy atom. The monoisotopic (exact) mass is 279 g/mol. The summed E-state index contributed by atoms with van der Waals surface area (Å²) >= 11 is 5.06. The van der Waals surface area contributed by atoms with Gasteiger partial charge in [-0.05, 0) is 37.2 Å². The van der Waals surface area contributed by atoms with Crippen LogP contribution in [0.5, 0.6) is 0 Å². The fourth-order valence-corrected chi connectivity index (χ4v) is 1.97. The second-order valence-corrected chi connectivity index (χ2v) is 4.70. The van der Waals surface area contributed by atoms with E-state index < -0.39 is 0 Å². The molecule has 0 aromatic heterocycles. The smallest absolute Gasteiger partial charge is 0.269 e. The van der Waals surface area contributed by atoms with Gasteiger partial charge < -0.3 is 10.1 Å². The van der Waals surface area contributed by atoms with E-state index in [1.54, 1.807) is 12.1 Å². The normalized spacial score (nSPS) is 17.8. The van der Waals surface area contributed by atoms with Crippen molar-refractivity contribution in [2.45, 2.75) is 18.9 Å². The van der Waals surface area contributed by atoms with Gasteiger partial charge in [-0.25, -0.2) is 0 Å². The zero-order valence-corrected chi connectivity index (χ0v) is 11.3. The Bertz CT molecular complexity index is 433. The van der Waals surface area contributed by atoms with E-state index >= 15 is 0 Å². The van der Waals surface area contributed by atoms with E-state index in [2.05, 4.69) is 16.2 Å². The molecule has 1 aliphatic rings. The summed E-state index contributed by atoms with van der Waals surface area (Å²) in [6.45, 7) is 1.48. The van der Waals surface area contributed by atoms with Crippen LogP contribution in [0.2, 0.25) is 0 Å². The lowest BCUT2D eigenvalue weighted by molar-refractivity contribution is 0.0943. The van der Waals surface area contributed by atoms with Gasteiger partial charge in [-0.3, -0.25) is 15.6 Å². The average Bonchev–Trinajstić information content (AvgIpc) is 2.96. The second kappa shape index (κ2) is 7.06. The highest BCUT2D eigenvalue weighted by Gasteiger charge is 2.15. The van der Waals surface area contributed by atoms with Crippen molar-refractivity contribution in [1.29, 1.82) is 0 Å². The standard InChI is InChI=1S/C13H17N3O2S/c17-12(10-5-2-1-3-6-10)15-16-13(19)14-9-11-7-4-8-18-11/h1-3,5-6,11H,4,7-9H2,(H,15,17)(H2,14,16,19)/t11-/m1/s1. The summed E-state index contributed by atoms with van der Waals surface area (Å²) in [6, 6.07) is 8.95. The molecule has 1 aromatic rings. The number of benzene rings is 1. The maximum atomic E-state index is 11.7. The molecule has 1 heterocycles. The first-order valence-electron chi connectivity index (χ1n) is 6.26. The van der Waals surface area contributed by atoms with Crippen LogP contribution in [0, 0.1) is 0 Å². The Morgan fingerprint density at radius 3 is 2.79 bits per heavy atom. The summed E-state index contributed by atoms with van der Waals surface area (Å²) in [4.78, 5) is 11.7. The highest BCUT2D eigenvalue weighted by atomic mass is 32.1. The SMILES string of the molecule is O=C(NNC(=S)NC[C@H]1CCCO1)c1ccccc1. The molecule has 0 saturated carbocycles. The highest BCUT2D eigenvalue weighted by molar-refractivity contribution is 7.80. The largest absolute Gasteiger partial charge is 0.376 e. The van der Waals surface area contributed by atoms with Crippen molar-refractivity contribution in [3.63, 3.8) is 0 Å². The molecule has 0 bridgehead atoms. The molecule has 1 saturated heterocycles. The van der Waals surface area contributed by atoms with Gasteiger partial charge in [-0.15, -0.1) is 0 Å². The lowest BCUT2D eigenvalue weighted by Gasteiger charge is -2.14. The first kappa shape index (κ1) is 13.8. The summed E-state index contributed by atoms with van der Waals surface area (Å²) in [5.41, 5.74) is 5.79. The molecule has 0 spiro atoms. The number of ether oxygens (including phenoxy) is 1. The van der Waals surface area contributed by atoms with Crippen LogP contribution in [0.15, 0.2) is 30.3 Å². The fraction of sp³-hybridized carbons (Fsp3) is 0.385. The third-order valence-electron chi connectivity index (χ3n) is 2.84. The third kappa shape index (κ3) is 4.50. The Labute approximate surface area is 117 Å². The Kier molecular flexibility index (Phi) is 5.11. The van der Waals surface area contributed by atoms with Gasteiger partial charge >= 0.3 is 0 Å². The summed E-state index contributed by atoms with van der Waals surface area (Å²) in [7, 11) is 0. The molecule has 1 aromatic carbocycles. The van der Waals surface area contributed by atoms with Crippen LogP contribution in [0.4, 0.5) is 0 Å². The Morgan fingerprint density at radius 1 is 1.32 bits per heavy atom. The van der Waals surface area contributed by atoms with Gasteiger partial charge in [0.15, 0.2) is 5.11 Å². The van der Waals surface area contributed by atoms with Crippen molar-refractivity contribution < 1.29 is 9.53 Å². The molecule has 1 fully saturated rings. The predicted octanol–water partition coefficient (Wildman–Crippen LogP) is 0.974. The molecule has 1 aliphatic heterocycles. The van der Waals surface area contributed by atoms with Crippen LogP contribution in [0.3, 0.4) is 0 Å². The Balaban J connectivity index is 1.67. The molecule has 0 unspecified atom stereocenters. The summed E-state index contributed by atoms with van der Waals surface area (Å²) in [6.07, 6.45) is 2.35. The molecule has 2 rings (SSSR count). The zero-order valence-electron chi connectivity index (χ0n) is 10.5. The molecule has 19 heavy (non-hydrogen) atoms. The quantitative estimate of drug-likeness (QED) is 0.568. The van der Waals surface area contributed by atoms with E-state index in [9.17, 15) is 4.79 Å². The van der Waals surface area contributed by atoms with Crippen LogP contribution in [0.1, 0.15) is 23.2 Å². The van der Waals surface area contributed by atoms with Crippen molar-refractivity contribution >= 4 is 23.2 Å². The van der Waals surface area contributed by atoms with E-state index in [1.165, 1.54) is 0 Å². The fourth-order valence-electron chi connectivity index (χ4n) is 1.83. The van der Waals surface area contributed by atoms with Crippen LogP contribution < -0.4 is 16.2 Å². The number of thiocarbonyl (C=S) groups is 1. The molecule has 5 nitrogen and oxygen atoms in total. The van der Waals surface area contributed by atoms with Crippen molar-refractivity contribution in [3.8, 4) is 0 Å². The molecule has 1 atom stereocenters. The van der Waals surface area contributed by atoms with Gasteiger partial charge in [0.25, 0.3) is 5.91 Å². The number of hydrogen-bond acceptors (Lipinski definition) is 3. The molecule has 6 heteroatoms. The summed E-state index contributed by atoms with van der Waals surface area (Å²) in [5, 5.41) is 3.40. The van der Waals surface area contributed by atoms with Gasteiger partial charge in [0.1, 0.15) is 0 Å². The molecule has 0 aliphatic carbocycles. The topological polar surface area (TPSA) is 62.4 Å². The van der Waals surface area contributed by atoms with Crippen molar-refractivity contribution in [2.75, 3.05) is 13.2 Å². The number of amides is 1. The van der Waals surface area contributed by atoms with Crippen molar-refractivity contribution in [1.82, 2.24) is 16.2 Å². The van der Waals surface area contributed by atoms with Crippen LogP contribution in [-0.2, 0) is 4.74 Å². The maximum Gasteiger partial charge on any atom is 0.269 e. The van der Waals surface area contributed by atoms with Crippen LogP contribution in [0.25, 0.3) is 0 Å². The predicted molar refractivity (Wildman–Crippen MR) is 76.6 cm³/mol. The molecule has 1 amide bonds. The number of carbonyl (C=O) groups excluding carboxylic acids is 1. The van der Waals surface area contributed by atoms with E-state index in [0.29, 0.717) is 17.2 Å². The van der Waals surface area contributed by atoms with Crippen molar-refractivity contribution in [3.05, 3.63) is 35.9 Å². The number of carbonyl (C=O) groups is 1. The average molecular weight is 279 g/mol. The second-order valence-electron chi connectivity index (χ2n) is 4.29. The number of hydrazine groups is 1. The number of nitrogens with one attached hydrogen (secondary N) is 3. The summed E-state index contributed by atoms with van der Waals surface area (Å²) in [5.74, 6) is -0.220. The van der Waals surface area contributed by atoms with Crippen molar-refractivity contribution in [2.24, 2.45) is 0 Å². The van der Waals surface area contributed by atoms with Crippen LogP contribution >= 0.6 is 12.2 Å².